The summed E-state index contributed by atoms with van der Waals surface area (Å²) in [6, 6.07) is 12.5. The maximum Gasteiger partial charge on any atom is 0.410 e. The number of aromatic nitrogens is 1. The number of nitrogens with zero attached hydrogens (tertiary/aromatic N) is 2. The van der Waals surface area contributed by atoms with Crippen LogP contribution < -0.4 is 0 Å². The fourth-order valence-corrected chi connectivity index (χ4v) is 3.36. The lowest BCUT2D eigenvalue weighted by Crippen LogP contribution is -2.42. The Kier molecular flexibility index (Phi) is 5.68. The number of hydrogen-bond acceptors (Lipinski definition) is 4. The van der Waals surface area contributed by atoms with Gasteiger partial charge >= 0.3 is 12.1 Å². The standard InChI is InChI=1S/C22H26N2O4/c1-22(2,3)28-21(27)24-12-6-9-17(14-24)19-11-5-10-18(23-19)15-7-4-8-16(13-15)20(25)26/h4-5,7-8,10-11,13,17H,6,9,12,14H2,1-3H3,(H,25,26)/t17-/m1/s1. The minimum absolute atomic E-state index is 0.129. The quantitative estimate of drug-likeness (QED) is 0.842. The Bertz CT molecular complexity index is 873. The Hall–Kier alpha value is -2.89. The molecular formula is C22H26N2O4. The maximum atomic E-state index is 12.4. The molecule has 1 aliphatic rings. The average molecular weight is 382 g/mol. The maximum absolute atomic E-state index is 12.4. The molecule has 1 aromatic carbocycles. The van der Waals surface area contributed by atoms with E-state index in [1.54, 1.807) is 23.1 Å². The third kappa shape index (κ3) is 4.88. The molecule has 0 unspecified atom stereocenters. The van der Waals surface area contributed by atoms with E-state index >= 15 is 0 Å². The summed E-state index contributed by atoms with van der Waals surface area (Å²) in [7, 11) is 0. The molecule has 0 bridgehead atoms. The zero-order valence-electron chi connectivity index (χ0n) is 16.5. The molecule has 0 radical (unpaired) electrons. The predicted molar refractivity (Wildman–Crippen MR) is 106 cm³/mol. The molecule has 0 aliphatic carbocycles. The van der Waals surface area contributed by atoms with E-state index in [0.717, 1.165) is 29.8 Å². The van der Waals surface area contributed by atoms with Gasteiger partial charge in [0.2, 0.25) is 0 Å². The third-order valence-corrected chi connectivity index (χ3v) is 4.67. The van der Waals surface area contributed by atoms with Crippen molar-refractivity contribution in [3.05, 3.63) is 53.7 Å². The van der Waals surface area contributed by atoms with Gasteiger partial charge in [0.25, 0.3) is 0 Å². The first kappa shape index (κ1) is 19.9. The Morgan fingerprint density at radius 1 is 1.18 bits per heavy atom. The zero-order chi connectivity index (χ0) is 20.3. The van der Waals surface area contributed by atoms with Gasteiger partial charge < -0.3 is 14.7 Å². The van der Waals surface area contributed by atoms with Crippen molar-refractivity contribution in [2.45, 2.75) is 45.1 Å². The molecule has 28 heavy (non-hydrogen) atoms. The second kappa shape index (κ2) is 8.00. The normalized spacial score (nSPS) is 17.2. The third-order valence-electron chi connectivity index (χ3n) is 4.67. The minimum atomic E-state index is -0.960. The van der Waals surface area contributed by atoms with E-state index in [1.165, 1.54) is 0 Å². The molecule has 1 atom stereocenters. The number of carbonyl (C=O) groups is 2. The molecule has 3 rings (SSSR count). The molecule has 2 heterocycles. The molecule has 1 saturated heterocycles. The van der Waals surface area contributed by atoms with Crippen LogP contribution in [0, 0.1) is 0 Å². The van der Waals surface area contributed by atoms with Crippen LogP contribution in [0.4, 0.5) is 4.79 Å². The summed E-state index contributed by atoms with van der Waals surface area (Å²) in [5, 5.41) is 9.21. The number of pyridine rings is 1. The summed E-state index contributed by atoms with van der Waals surface area (Å²) >= 11 is 0. The van der Waals surface area contributed by atoms with Crippen LogP contribution in [0.15, 0.2) is 42.5 Å². The van der Waals surface area contributed by atoms with Crippen molar-refractivity contribution >= 4 is 12.1 Å². The molecule has 1 N–H and O–H groups in total. The number of aromatic carboxylic acids is 1. The van der Waals surface area contributed by atoms with E-state index in [4.69, 9.17) is 9.72 Å². The van der Waals surface area contributed by atoms with E-state index in [2.05, 4.69) is 0 Å². The van der Waals surface area contributed by atoms with Crippen LogP contribution >= 0.6 is 0 Å². The number of carbonyl (C=O) groups excluding carboxylic acids is 1. The molecule has 6 heteroatoms. The van der Waals surface area contributed by atoms with E-state index < -0.39 is 11.6 Å². The number of piperidine rings is 1. The molecular weight excluding hydrogens is 356 g/mol. The highest BCUT2D eigenvalue weighted by molar-refractivity contribution is 5.89. The zero-order valence-corrected chi connectivity index (χ0v) is 16.5. The summed E-state index contributed by atoms with van der Waals surface area (Å²) in [5.41, 5.74) is 2.12. The molecule has 1 amide bonds. The topological polar surface area (TPSA) is 79.7 Å². The lowest BCUT2D eigenvalue weighted by Gasteiger charge is -2.34. The number of carboxylic acid groups (broad SMARTS) is 1. The fraction of sp³-hybridized carbons (Fsp3) is 0.409. The van der Waals surface area contributed by atoms with Crippen LogP contribution in [-0.2, 0) is 4.74 Å². The summed E-state index contributed by atoms with van der Waals surface area (Å²) in [5.74, 6) is -0.831. The Balaban J connectivity index is 1.79. The first-order valence-corrected chi connectivity index (χ1v) is 9.51. The molecule has 148 valence electrons. The molecule has 1 aliphatic heterocycles. The molecule has 1 fully saturated rings. The molecule has 0 saturated carbocycles. The van der Waals surface area contributed by atoms with E-state index in [0.29, 0.717) is 13.1 Å². The minimum Gasteiger partial charge on any atom is -0.478 e. The summed E-state index contributed by atoms with van der Waals surface area (Å²) in [6.07, 6.45) is 1.55. The second-order valence-corrected chi connectivity index (χ2v) is 8.10. The van der Waals surface area contributed by atoms with Gasteiger partial charge in [-0.05, 0) is 57.9 Å². The number of likely N-dealkylation sites (tertiary alicyclic amines) is 1. The number of rotatable bonds is 3. The second-order valence-electron chi connectivity index (χ2n) is 8.10. The number of hydrogen-bond donors (Lipinski definition) is 1. The Morgan fingerprint density at radius 3 is 2.64 bits per heavy atom. The molecule has 0 spiro atoms. The average Bonchev–Trinajstić information content (AvgIpc) is 2.67. The van der Waals surface area contributed by atoms with Gasteiger partial charge in [0.1, 0.15) is 5.60 Å². The molecule has 1 aromatic heterocycles. The van der Waals surface area contributed by atoms with Crippen LogP contribution in [0.5, 0.6) is 0 Å². The predicted octanol–water partition coefficient (Wildman–Crippen LogP) is 4.56. The fourth-order valence-electron chi connectivity index (χ4n) is 3.36. The number of ether oxygens (including phenoxy) is 1. The van der Waals surface area contributed by atoms with Gasteiger partial charge in [-0.15, -0.1) is 0 Å². The number of amides is 1. The Morgan fingerprint density at radius 2 is 1.93 bits per heavy atom. The first-order valence-electron chi connectivity index (χ1n) is 9.51. The molecule has 2 aromatic rings. The lowest BCUT2D eigenvalue weighted by atomic mass is 9.94. The van der Waals surface area contributed by atoms with Crippen molar-refractivity contribution in [2.75, 3.05) is 13.1 Å². The van der Waals surface area contributed by atoms with Gasteiger partial charge in [-0.2, -0.15) is 0 Å². The summed E-state index contributed by atoms with van der Waals surface area (Å²) in [6.45, 7) is 6.85. The van der Waals surface area contributed by atoms with Crippen molar-refractivity contribution in [2.24, 2.45) is 0 Å². The van der Waals surface area contributed by atoms with Gasteiger partial charge in [-0.25, -0.2) is 9.59 Å². The monoisotopic (exact) mass is 382 g/mol. The van der Waals surface area contributed by atoms with E-state index in [1.807, 2.05) is 45.0 Å². The highest BCUT2D eigenvalue weighted by Gasteiger charge is 2.29. The smallest absolute Gasteiger partial charge is 0.410 e. The Labute approximate surface area is 165 Å². The van der Waals surface area contributed by atoms with Gasteiger partial charge in [0.15, 0.2) is 0 Å². The summed E-state index contributed by atoms with van der Waals surface area (Å²) < 4.78 is 5.50. The van der Waals surface area contributed by atoms with Crippen molar-refractivity contribution in [3.8, 4) is 11.3 Å². The van der Waals surface area contributed by atoms with Gasteiger partial charge in [-0.1, -0.05) is 18.2 Å². The van der Waals surface area contributed by atoms with Crippen LogP contribution in [0.3, 0.4) is 0 Å². The van der Waals surface area contributed by atoms with Crippen LogP contribution in [0.1, 0.15) is 55.6 Å². The molecule has 6 nitrogen and oxygen atoms in total. The van der Waals surface area contributed by atoms with Crippen molar-refractivity contribution in [3.63, 3.8) is 0 Å². The van der Waals surface area contributed by atoms with E-state index in [-0.39, 0.29) is 17.6 Å². The SMILES string of the molecule is CC(C)(C)OC(=O)N1CCC[C@@H](c2cccc(-c3cccc(C(=O)O)c3)n2)C1. The largest absolute Gasteiger partial charge is 0.478 e. The summed E-state index contributed by atoms with van der Waals surface area (Å²) in [4.78, 5) is 30.1. The van der Waals surface area contributed by atoms with Crippen LogP contribution in [-0.4, -0.2) is 45.7 Å². The van der Waals surface area contributed by atoms with Crippen molar-refractivity contribution in [1.29, 1.82) is 0 Å². The van der Waals surface area contributed by atoms with Crippen molar-refractivity contribution in [1.82, 2.24) is 9.88 Å². The van der Waals surface area contributed by atoms with E-state index in [9.17, 15) is 14.7 Å². The van der Waals surface area contributed by atoms with Crippen LogP contribution in [0.25, 0.3) is 11.3 Å². The number of benzene rings is 1. The lowest BCUT2D eigenvalue weighted by molar-refractivity contribution is 0.0197. The van der Waals surface area contributed by atoms with Gasteiger partial charge in [0, 0.05) is 30.3 Å². The highest BCUT2D eigenvalue weighted by Crippen LogP contribution is 2.28. The van der Waals surface area contributed by atoms with Crippen molar-refractivity contribution < 1.29 is 19.4 Å². The number of carboxylic acids is 1. The van der Waals surface area contributed by atoms with Crippen LogP contribution in [0.2, 0.25) is 0 Å². The van der Waals surface area contributed by atoms with Gasteiger partial charge in [0.05, 0.1) is 11.3 Å². The highest BCUT2D eigenvalue weighted by atomic mass is 16.6. The van der Waals surface area contributed by atoms with Gasteiger partial charge in [-0.3, -0.25) is 4.98 Å². The first-order chi connectivity index (χ1) is 13.2.